The van der Waals surface area contributed by atoms with Gasteiger partial charge in [0.2, 0.25) is 0 Å². The lowest BCUT2D eigenvalue weighted by Gasteiger charge is -2.27. The van der Waals surface area contributed by atoms with Crippen molar-refractivity contribution in [2.75, 3.05) is 33.4 Å². The predicted molar refractivity (Wildman–Crippen MR) is 141 cm³/mol. The van der Waals surface area contributed by atoms with E-state index in [1.807, 2.05) is 38.2 Å². The Labute approximate surface area is 214 Å². The fourth-order valence-electron chi connectivity index (χ4n) is 4.79. The van der Waals surface area contributed by atoms with Gasteiger partial charge in [0.25, 0.3) is 0 Å². The van der Waals surface area contributed by atoms with E-state index in [-0.39, 0.29) is 0 Å². The molecule has 0 spiro atoms. The number of benzene rings is 2. The highest BCUT2D eigenvalue weighted by Gasteiger charge is 2.31. The Morgan fingerprint density at radius 2 is 1.81 bits per heavy atom. The first-order valence-electron chi connectivity index (χ1n) is 12.8. The Balaban J connectivity index is 1.30. The molecular weight excluding hydrogens is 454 g/mol. The van der Waals surface area contributed by atoms with Gasteiger partial charge in [-0.3, -0.25) is 4.90 Å². The zero-order chi connectivity index (χ0) is 25.5. The highest BCUT2D eigenvalue weighted by atomic mass is 16.5. The molecular formula is C29H39N3O4. The molecule has 1 fully saturated rings. The molecule has 0 aliphatic carbocycles. The number of hydrogen-bond acceptors (Lipinski definition) is 6. The normalized spacial score (nSPS) is 18.6. The molecule has 0 radical (unpaired) electrons. The molecule has 1 saturated heterocycles. The van der Waals surface area contributed by atoms with Crippen LogP contribution in [0.25, 0.3) is 0 Å². The van der Waals surface area contributed by atoms with E-state index in [0.29, 0.717) is 19.6 Å². The first-order valence-corrected chi connectivity index (χ1v) is 12.8. The molecule has 1 aliphatic heterocycles. The van der Waals surface area contributed by atoms with Gasteiger partial charge in [0.15, 0.2) is 11.5 Å². The Morgan fingerprint density at radius 3 is 2.56 bits per heavy atom. The topological polar surface area (TPSA) is 69.0 Å². The van der Waals surface area contributed by atoms with Crippen LogP contribution < -0.4 is 14.2 Å². The summed E-state index contributed by atoms with van der Waals surface area (Å²) in [4.78, 5) is 6.64. The number of aromatic nitrogens is 2. The average Bonchev–Trinajstić information content (AvgIpc) is 3.17. The van der Waals surface area contributed by atoms with Gasteiger partial charge in [0.1, 0.15) is 24.8 Å². The summed E-state index contributed by atoms with van der Waals surface area (Å²) in [5.41, 5.74) is 2.67. The lowest BCUT2D eigenvalue weighted by Crippen LogP contribution is -2.37. The number of likely N-dealkylation sites (tertiary alicyclic amines) is 1. The molecule has 1 atom stereocenters. The van der Waals surface area contributed by atoms with Gasteiger partial charge in [-0.2, -0.15) is 0 Å². The molecule has 4 rings (SSSR count). The fraction of sp³-hybridized carbons (Fsp3) is 0.483. The lowest BCUT2D eigenvalue weighted by molar-refractivity contribution is -0.0170. The molecule has 0 unspecified atom stereocenters. The van der Waals surface area contributed by atoms with Gasteiger partial charge >= 0.3 is 0 Å². The van der Waals surface area contributed by atoms with Crippen molar-refractivity contribution >= 4 is 0 Å². The summed E-state index contributed by atoms with van der Waals surface area (Å²) in [6.07, 6.45) is 6.10. The molecule has 194 valence electrons. The van der Waals surface area contributed by atoms with Crippen molar-refractivity contribution in [2.45, 2.75) is 58.7 Å². The monoisotopic (exact) mass is 493 g/mol. The summed E-state index contributed by atoms with van der Waals surface area (Å²) in [6.45, 7) is 10.3. The van der Waals surface area contributed by atoms with Crippen molar-refractivity contribution in [3.8, 4) is 17.2 Å². The Bertz CT molecular complexity index is 1150. The van der Waals surface area contributed by atoms with Crippen LogP contribution in [0.15, 0.2) is 48.8 Å². The maximum absolute atomic E-state index is 11.2. The van der Waals surface area contributed by atoms with Gasteiger partial charge < -0.3 is 23.9 Å². The molecule has 1 aromatic heterocycles. The Kier molecular flexibility index (Phi) is 8.54. The van der Waals surface area contributed by atoms with Gasteiger partial charge in [-0.1, -0.05) is 23.8 Å². The Hall–Kier alpha value is -3.03. The van der Waals surface area contributed by atoms with Gasteiger partial charge in [-0.25, -0.2) is 4.98 Å². The smallest absolute Gasteiger partial charge is 0.161 e. The number of imidazole rings is 1. The molecule has 1 N–H and O–H groups in total. The van der Waals surface area contributed by atoms with Gasteiger partial charge in [0.05, 0.1) is 19.3 Å². The molecule has 1 aliphatic rings. The van der Waals surface area contributed by atoms with E-state index in [2.05, 4.69) is 39.6 Å². The largest absolute Gasteiger partial charge is 0.493 e. The van der Waals surface area contributed by atoms with Crippen LogP contribution in [0.4, 0.5) is 0 Å². The fourth-order valence-corrected chi connectivity index (χ4v) is 4.79. The molecule has 36 heavy (non-hydrogen) atoms. The highest BCUT2D eigenvalue weighted by molar-refractivity contribution is 5.43. The van der Waals surface area contributed by atoms with Crippen LogP contribution in [0.5, 0.6) is 17.2 Å². The van der Waals surface area contributed by atoms with E-state index in [9.17, 15) is 5.11 Å². The number of hydrogen-bond donors (Lipinski definition) is 1. The SMILES string of the molecule is COc1cc(CN2CCC[C@](O)(COc3ccc(C)cc3C)CC2)ccc1OCCn1ccnc1C. The van der Waals surface area contributed by atoms with Crippen LogP contribution in [0.2, 0.25) is 0 Å². The van der Waals surface area contributed by atoms with Gasteiger partial charge in [0, 0.05) is 25.5 Å². The standard InChI is InChI=1S/C29H39N3O4/c1-22-6-8-26(23(2)18-22)36-21-29(33)10-5-13-31(14-11-29)20-25-7-9-27(28(19-25)34-4)35-17-16-32-15-12-30-24(32)3/h6-9,12,15,18-19,33H,5,10-11,13-14,16-17,20-21H2,1-4H3/t29-/m1/s1. The van der Waals surface area contributed by atoms with Crippen LogP contribution >= 0.6 is 0 Å². The van der Waals surface area contributed by atoms with Crippen molar-refractivity contribution < 1.29 is 19.3 Å². The molecule has 3 aromatic rings. The molecule has 0 bridgehead atoms. The number of ether oxygens (including phenoxy) is 3. The van der Waals surface area contributed by atoms with E-state index in [1.165, 1.54) is 11.1 Å². The summed E-state index contributed by atoms with van der Waals surface area (Å²) in [6, 6.07) is 12.3. The molecule has 7 heteroatoms. The predicted octanol–water partition coefficient (Wildman–Crippen LogP) is 4.69. The average molecular weight is 494 g/mol. The molecule has 2 aromatic carbocycles. The second kappa shape index (κ2) is 11.8. The van der Waals surface area contributed by atoms with E-state index in [4.69, 9.17) is 14.2 Å². The highest BCUT2D eigenvalue weighted by Crippen LogP contribution is 2.30. The number of methoxy groups -OCH3 is 1. The molecule has 2 heterocycles. The first kappa shape index (κ1) is 26.0. The van der Waals surface area contributed by atoms with Crippen LogP contribution in [0, 0.1) is 20.8 Å². The van der Waals surface area contributed by atoms with Crippen LogP contribution in [0.3, 0.4) is 0 Å². The Morgan fingerprint density at radius 1 is 0.972 bits per heavy atom. The third kappa shape index (κ3) is 6.80. The summed E-state index contributed by atoms with van der Waals surface area (Å²) in [5, 5.41) is 11.2. The minimum atomic E-state index is -0.810. The maximum atomic E-state index is 11.2. The zero-order valence-electron chi connectivity index (χ0n) is 22.0. The molecule has 0 amide bonds. The van der Waals surface area contributed by atoms with Crippen LogP contribution in [-0.4, -0.2) is 58.6 Å². The summed E-state index contributed by atoms with van der Waals surface area (Å²) in [7, 11) is 1.67. The minimum Gasteiger partial charge on any atom is -0.493 e. The summed E-state index contributed by atoms with van der Waals surface area (Å²) >= 11 is 0. The number of aryl methyl sites for hydroxylation is 3. The number of rotatable bonds is 10. The summed E-state index contributed by atoms with van der Waals surface area (Å²) in [5.74, 6) is 3.31. The summed E-state index contributed by atoms with van der Waals surface area (Å²) < 4.78 is 19.7. The lowest BCUT2D eigenvalue weighted by atomic mass is 9.96. The third-order valence-corrected chi connectivity index (χ3v) is 6.98. The van der Waals surface area contributed by atoms with Crippen molar-refractivity contribution in [1.29, 1.82) is 0 Å². The first-order chi connectivity index (χ1) is 17.3. The van der Waals surface area contributed by atoms with E-state index in [1.54, 1.807) is 13.3 Å². The van der Waals surface area contributed by atoms with Crippen molar-refractivity contribution in [3.05, 3.63) is 71.3 Å². The van der Waals surface area contributed by atoms with Crippen LogP contribution in [0.1, 0.15) is 41.8 Å². The van der Waals surface area contributed by atoms with Gasteiger partial charge in [-0.15, -0.1) is 0 Å². The molecule has 7 nitrogen and oxygen atoms in total. The number of nitrogens with zero attached hydrogens (tertiary/aromatic N) is 3. The van der Waals surface area contributed by atoms with Crippen molar-refractivity contribution in [3.63, 3.8) is 0 Å². The second-order valence-corrected chi connectivity index (χ2v) is 9.91. The second-order valence-electron chi connectivity index (χ2n) is 9.91. The molecule has 0 saturated carbocycles. The quantitative estimate of drug-likeness (QED) is 0.442. The van der Waals surface area contributed by atoms with Crippen molar-refractivity contribution in [2.24, 2.45) is 0 Å². The number of aliphatic hydroxyl groups is 1. The minimum absolute atomic E-state index is 0.323. The van der Waals surface area contributed by atoms with Crippen LogP contribution in [-0.2, 0) is 13.1 Å². The third-order valence-electron chi connectivity index (χ3n) is 6.98. The van der Waals surface area contributed by atoms with Gasteiger partial charge in [-0.05, 0) is 75.9 Å². The zero-order valence-corrected chi connectivity index (χ0v) is 22.0. The van der Waals surface area contributed by atoms with E-state index in [0.717, 1.165) is 67.7 Å². The van der Waals surface area contributed by atoms with E-state index >= 15 is 0 Å². The van der Waals surface area contributed by atoms with Crippen molar-refractivity contribution in [1.82, 2.24) is 14.5 Å². The van der Waals surface area contributed by atoms with E-state index < -0.39 is 5.60 Å². The maximum Gasteiger partial charge on any atom is 0.161 e.